The summed E-state index contributed by atoms with van der Waals surface area (Å²) in [5.41, 5.74) is -3.75. The molecule has 1 aromatic carbocycles. The minimum absolute atomic E-state index is 0.00674. The van der Waals surface area contributed by atoms with Crippen molar-refractivity contribution in [3.05, 3.63) is 39.9 Å². The molecule has 0 aliphatic carbocycles. The van der Waals surface area contributed by atoms with Gasteiger partial charge in [-0.15, -0.1) is 0 Å². The number of nitro groups is 1. The number of hydrogen-bond acceptors (Lipinski definition) is 15. The molecule has 2 fully saturated rings. The van der Waals surface area contributed by atoms with Crippen molar-refractivity contribution in [3.8, 4) is 0 Å². The van der Waals surface area contributed by atoms with E-state index in [9.17, 15) is 39.5 Å². The largest absolute Gasteiger partial charge is 0.459 e. The normalized spacial score (nSPS) is 38.1. The Morgan fingerprint density at radius 2 is 1.62 bits per heavy atom. The van der Waals surface area contributed by atoms with E-state index in [0.717, 1.165) is 12.1 Å². The molecule has 55 heavy (non-hydrogen) atoms. The summed E-state index contributed by atoms with van der Waals surface area (Å²) in [4.78, 5) is 66.9. The molecule has 16 heteroatoms. The van der Waals surface area contributed by atoms with Crippen LogP contribution in [-0.2, 0) is 42.8 Å². The molecule has 2 aliphatic heterocycles. The lowest BCUT2D eigenvalue weighted by Gasteiger charge is -2.49. The van der Waals surface area contributed by atoms with Crippen LogP contribution in [0.3, 0.4) is 0 Å². The number of benzene rings is 1. The second kappa shape index (κ2) is 18.6. The van der Waals surface area contributed by atoms with Crippen LogP contribution < -0.4 is 0 Å². The summed E-state index contributed by atoms with van der Waals surface area (Å²) >= 11 is 0. The summed E-state index contributed by atoms with van der Waals surface area (Å²) < 4.78 is 37.1. The van der Waals surface area contributed by atoms with E-state index in [0.29, 0.717) is 6.42 Å². The number of esters is 3. The van der Waals surface area contributed by atoms with Gasteiger partial charge in [0.1, 0.15) is 23.6 Å². The van der Waals surface area contributed by atoms with Gasteiger partial charge in [0, 0.05) is 43.9 Å². The molecule has 16 nitrogen and oxygen atoms in total. The molecule has 310 valence electrons. The number of hydrogen-bond donors (Lipinski definition) is 2. The van der Waals surface area contributed by atoms with Gasteiger partial charge in [0.2, 0.25) is 0 Å². The molecular formula is C39H60N2O14. The van der Waals surface area contributed by atoms with E-state index in [4.69, 9.17) is 28.4 Å². The number of non-ortho nitro benzene ring substituents is 1. The van der Waals surface area contributed by atoms with Gasteiger partial charge in [-0.05, 0) is 73.2 Å². The van der Waals surface area contributed by atoms with Crippen LogP contribution in [-0.4, -0.2) is 125 Å². The molecule has 0 saturated carbocycles. The Balaban J connectivity index is 2.27. The van der Waals surface area contributed by atoms with Crippen LogP contribution in [0.5, 0.6) is 0 Å². The quantitative estimate of drug-likeness (QED) is 0.158. The van der Waals surface area contributed by atoms with Crippen molar-refractivity contribution in [1.82, 2.24) is 4.90 Å². The monoisotopic (exact) mass is 780 g/mol. The Labute approximate surface area is 323 Å². The fourth-order valence-corrected chi connectivity index (χ4v) is 8.00. The zero-order valence-corrected chi connectivity index (χ0v) is 34.0. The topological polar surface area (TPSA) is 210 Å². The van der Waals surface area contributed by atoms with Crippen LogP contribution in [0.15, 0.2) is 24.3 Å². The standard InChI is InChI=1S/C39H60N2O14/c1-13-29-39(9,47)33(44)22(4)30(43)20(2)19-38(8,50-12)34(55-37-32(52-25(7)42)28(40(10)11)18-21(3)51-37)23(5)31(24(6)35(45)53-29)54-36(46)26-14-16-27(17-15-26)41(48)49/h14-17,20-24,28-29,31-34,37,44,47H,13,18-19H2,1-12H3/t20-,21-,22+,23+,24-,28+,29-,31+,32-,33-,34-,37+,38-,39-/m1/s1. The molecule has 0 unspecified atom stereocenters. The second-order valence-electron chi connectivity index (χ2n) is 15.9. The maximum Gasteiger partial charge on any atom is 0.338 e. The smallest absolute Gasteiger partial charge is 0.338 e. The fourth-order valence-electron chi connectivity index (χ4n) is 8.00. The van der Waals surface area contributed by atoms with Crippen LogP contribution in [0, 0.1) is 33.8 Å². The van der Waals surface area contributed by atoms with Gasteiger partial charge in [-0.3, -0.25) is 24.5 Å². The van der Waals surface area contributed by atoms with Crippen molar-refractivity contribution in [2.24, 2.45) is 23.7 Å². The average molecular weight is 781 g/mol. The van der Waals surface area contributed by atoms with Crippen LogP contribution >= 0.6 is 0 Å². The van der Waals surface area contributed by atoms with E-state index in [1.165, 1.54) is 46.9 Å². The maximum absolute atomic E-state index is 14.1. The molecular weight excluding hydrogens is 720 g/mol. The number of likely N-dealkylation sites (N-methyl/N-ethyl adjacent to an activating group) is 1. The first-order valence-corrected chi connectivity index (χ1v) is 18.8. The first kappa shape index (κ1) is 45.8. The number of methoxy groups -OCH3 is 1. The van der Waals surface area contributed by atoms with E-state index in [1.54, 1.807) is 27.7 Å². The number of ether oxygens (including phenoxy) is 6. The van der Waals surface area contributed by atoms with Gasteiger partial charge in [0.15, 0.2) is 12.4 Å². The number of aliphatic hydroxyl groups is 2. The third-order valence-electron chi connectivity index (χ3n) is 11.3. The summed E-state index contributed by atoms with van der Waals surface area (Å²) in [5.74, 6) is -6.86. The second-order valence-corrected chi connectivity index (χ2v) is 15.9. The van der Waals surface area contributed by atoms with Gasteiger partial charge in [-0.25, -0.2) is 4.79 Å². The zero-order chi connectivity index (χ0) is 41.7. The van der Waals surface area contributed by atoms with Crippen LogP contribution in [0.1, 0.15) is 91.9 Å². The number of aliphatic hydroxyl groups excluding tert-OH is 1. The zero-order valence-electron chi connectivity index (χ0n) is 34.0. The first-order chi connectivity index (χ1) is 25.5. The lowest BCUT2D eigenvalue weighted by molar-refractivity contribution is -0.384. The van der Waals surface area contributed by atoms with Gasteiger partial charge in [0.25, 0.3) is 5.69 Å². The van der Waals surface area contributed by atoms with Crippen LogP contribution in [0.25, 0.3) is 0 Å². The highest BCUT2D eigenvalue weighted by molar-refractivity contribution is 5.90. The number of nitro benzene ring substituents is 1. The number of carbonyl (C=O) groups excluding carboxylic acids is 4. The Morgan fingerprint density at radius 3 is 2.13 bits per heavy atom. The summed E-state index contributed by atoms with van der Waals surface area (Å²) in [6.45, 7) is 14.1. The molecule has 0 bridgehead atoms. The average Bonchev–Trinajstić information content (AvgIpc) is 3.13. The first-order valence-electron chi connectivity index (χ1n) is 18.8. The Bertz CT molecular complexity index is 1520. The van der Waals surface area contributed by atoms with E-state index >= 15 is 0 Å². The van der Waals surface area contributed by atoms with Crippen molar-refractivity contribution >= 4 is 29.4 Å². The summed E-state index contributed by atoms with van der Waals surface area (Å²) in [5, 5.41) is 34.3. The van der Waals surface area contributed by atoms with Crippen molar-refractivity contribution in [1.29, 1.82) is 0 Å². The highest BCUT2D eigenvalue weighted by atomic mass is 16.7. The van der Waals surface area contributed by atoms with Crippen molar-refractivity contribution < 1.29 is 62.7 Å². The van der Waals surface area contributed by atoms with E-state index in [1.807, 2.05) is 25.9 Å². The lowest BCUT2D eigenvalue weighted by Crippen LogP contribution is -2.61. The van der Waals surface area contributed by atoms with E-state index in [-0.39, 0.29) is 36.2 Å². The number of Topliss-reactive ketones (excluding diaryl/α,β-unsaturated/α-hetero) is 1. The Morgan fingerprint density at radius 1 is 1.02 bits per heavy atom. The number of carbonyl (C=O) groups is 4. The fraction of sp³-hybridized carbons (Fsp3) is 0.744. The number of cyclic esters (lactones) is 1. The highest BCUT2D eigenvalue weighted by Gasteiger charge is 2.53. The van der Waals surface area contributed by atoms with Gasteiger partial charge in [-0.2, -0.15) is 0 Å². The van der Waals surface area contributed by atoms with Crippen LogP contribution in [0.2, 0.25) is 0 Å². The third-order valence-corrected chi connectivity index (χ3v) is 11.3. The maximum atomic E-state index is 14.1. The minimum atomic E-state index is -2.06. The number of ketones is 1. The minimum Gasteiger partial charge on any atom is -0.459 e. The molecule has 3 rings (SSSR count). The third kappa shape index (κ3) is 10.5. The molecule has 2 saturated heterocycles. The Hall–Kier alpha value is -3.54. The van der Waals surface area contributed by atoms with Gasteiger partial charge < -0.3 is 43.5 Å². The molecule has 0 aromatic heterocycles. The molecule has 0 amide bonds. The number of rotatable bonds is 9. The SMILES string of the molecule is CC[C@H]1OC(=O)[C@H](C)[C@@H](OC(=O)c2ccc([N+](=O)[O-])cc2)[C@H](C)[C@@H](O[C@@H]2O[C@H](C)C[C@H](N(C)C)[C@H]2OC(C)=O)[C@](C)(OC)C[C@@H](C)C(=O)[C@H](C)[C@@H](O)[C@]1(C)O. The van der Waals surface area contributed by atoms with E-state index in [2.05, 4.69) is 0 Å². The van der Waals surface area contributed by atoms with Crippen molar-refractivity contribution in [2.75, 3.05) is 21.2 Å². The molecule has 0 radical (unpaired) electrons. The van der Waals surface area contributed by atoms with Crippen molar-refractivity contribution in [2.45, 2.75) is 142 Å². The number of nitrogens with zero attached hydrogens (tertiary/aromatic N) is 2. The molecule has 2 heterocycles. The predicted molar refractivity (Wildman–Crippen MR) is 198 cm³/mol. The van der Waals surface area contributed by atoms with Crippen LogP contribution in [0.4, 0.5) is 5.69 Å². The molecule has 0 spiro atoms. The molecule has 2 aliphatic rings. The lowest BCUT2D eigenvalue weighted by atomic mass is 9.74. The summed E-state index contributed by atoms with van der Waals surface area (Å²) in [6, 6.07) is 4.41. The molecule has 1 aromatic rings. The molecule has 14 atom stereocenters. The molecule has 2 N–H and O–H groups in total. The van der Waals surface area contributed by atoms with Gasteiger partial charge in [0.05, 0.1) is 46.4 Å². The van der Waals surface area contributed by atoms with Gasteiger partial charge >= 0.3 is 17.9 Å². The summed E-state index contributed by atoms with van der Waals surface area (Å²) in [6.07, 6.45) is -7.35. The van der Waals surface area contributed by atoms with Crippen molar-refractivity contribution in [3.63, 3.8) is 0 Å². The summed E-state index contributed by atoms with van der Waals surface area (Å²) in [7, 11) is 5.10. The predicted octanol–water partition coefficient (Wildman–Crippen LogP) is 3.86. The highest BCUT2D eigenvalue weighted by Crippen LogP contribution is 2.40. The van der Waals surface area contributed by atoms with E-state index < -0.39 is 100 Å². The Kier molecular flexibility index (Phi) is 15.5. The van der Waals surface area contributed by atoms with Gasteiger partial charge in [-0.1, -0.05) is 27.7 Å².